The van der Waals surface area contributed by atoms with Gasteiger partial charge in [0.15, 0.2) is 0 Å². The van der Waals surface area contributed by atoms with Gasteiger partial charge in [-0.25, -0.2) is 8.78 Å². The van der Waals surface area contributed by atoms with E-state index in [0.29, 0.717) is 10.9 Å². The number of halogens is 3. The molecule has 0 aliphatic heterocycles. The van der Waals surface area contributed by atoms with Gasteiger partial charge in [0.1, 0.15) is 11.6 Å². The maximum Gasteiger partial charge on any atom is 0.129 e. The Balaban J connectivity index is 3.01. The molecule has 0 radical (unpaired) electrons. The van der Waals surface area contributed by atoms with Gasteiger partial charge in [0.05, 0.1) is 0 Å². The quantitative estimate of drug-likeness (QED) is 0.688. The van der Waals surface area contributed by atoms with Crippen LogP contribution in [-0.2, 0) is 0 Å². The molecule has 3 heteroatoms. The highest BCUT2D eigenvalue weighted by atomic mass is 79.9. The van der Waals surface area contributed by atoms with Crippen molar-refractivity contribution in [2.75, 3.05) is 5.33 Å². The van der Waals surface area contributed by atoms with Crippen LogP contribution in [-0.4, -0.2) is 5.33 Å². The van der Waals surface area contributed by atoms with E-state index in [1.54, 1.807) is 0 Å². The average molecular weight is 235 g/mol. The summed E-state index contributed by atoms with van der Waals surface area (Å²) in [7, 11) is 0. The summed E-state index contributed by atoms with van der Waals surface area (Å²) in [5, 5.41) is 0.676. The molecule has 0 spiro atoms. The number of rotatable bonds is 2. The highest BCUT2D eigenvalue weighted by Gasteiger charge is 2.09. The Hall–Kier alpha value is -0.440. The van der Waals surface area contributed by atoms with Crippen molar-refractivity contribution < 1.29 is 8.78 Å². The van der Waals surface area contributed by atoms with Crippen LogP contribution in [0.15, 0.2) is 18.2 Å². The summed E-state index contributed by atoms with van der Waals surface area (Å²) in [6, 6.07) is 3.67. The summed E-state index contributed by atoms with van der Waals surface area (Å²) in [6.45, 7) is 1.88. The molecular weight excluding hydrogens is 226 g/mol. The largest absolute Gasteiger partial charge is 0.207 e. The normalized spacial score (nSPS) is 13.0. The Bertz CT molecular complexity index is 273. The highest BCUT2D eigenvalue weighted by molar-refractivity contribution is 9.09. The van der Waals surface area contributed by atoms with Crippen LogP contribution < -0.4 is 0 Å². The zero-order valence-corrected chi connectivity index (χ0v) is 8.24. The average Bonchev–Trinajstić information content (AvgIpc) is 2.03. The Morgan fingerprint density at radius 3 is 2.58 bits per heavy atom. The second kappa shape index (κ2) is 3.99. The molecule has 0 nitrogen and oxygen atoms in total. The molecule has 1 rings (SSSR count). The van der Waals surface area contributed by atoms with Gasteiger partial charge >= 0.3 is 0 Å². The number of alkyl halides is 1. The second-order valence-corrected chi connectivity index (χ2v) is 3.37. The van der Waals surface area contributed by atoms with E-state index >= 15 is 0 Å². The summed E-state index contributed by atoms with van der Waals surface area (Å²) in [5.41, 5.74) is 0.549. The van der Waals surface area contributed by atoms with E-state index in [-0.39, 0.29) is 5.92 Å². The van der Waals surface area contributed by atoms with E-state index in [0.717, 1.165) is 6.07 Å². The van der Waals surface area contributed by atoms with Crippen LogP contribution in [0.3, 0.4) is 0 Å². The fourth-order valence-corrected chi connectivity index (χ4v) is 1.33. The molecule has 0 aliphatic rings. The van der Waals surface area contributed by atoms with E-state index in [4.69, 9.17) is 0 Å². The summed E-state index contributed by atoms with van der Waals surface area (Å²) in [4.78, 5) is 0. The van der Waals surface area contributed by atoms with Crippen molar-refractivity contribution >= 4 is 15.9 Å². The lowest BCUT2D eigenvalue weighted by atomic mass is 10.0. The van der Waals surface area contributed by atoms with E-state index in [1.807, 2.05) is 6.92 Å². The minimum atomic E-state index is -0.530. The first kappa shape index (κ1) is 9.65. The Morgan fingerprint density at radius 2 is 2.08 bits per heavy atom. The van der Waals surface area contributed by atoms with Crippen molar-refractivity contribution in [3.63, 3.8) is 0 Å². The number of hydrogen-bond acceptors (Lipinski definition) is 0. The maximum absolute atomic E-state index is 13.0. The summed E-state index contributed by atoms with van der Waals surface area (Å²) in [5.74, 6) is -0.925. The minimum absolute atomic E-state index is 0.0746. The van der Waals surface area contributed by atoms with E-state index in [1.165, 1.54) is 12.1 Å². The van der Waals surface area contributed by atoms with Crippen LogP contribution in [0.2, 0.25) is 0 Å². The van der Waals surface area contributed by atoms with Crippen molar-refractivity contribution in [1.29, 1.82) is 0 Å². The predicted octanol–water partition coefficient (Wildman–Crippen LogP) is 3.46. The molecule has 0 saturated heterocycles. The molecule has 66 valence electrons. The smallest absolute Gasteiger partial charge is 0.129 e. The SMILES string of the molecule is CC(CBr)c1ccc(F)cc1F. The van der Waals surface area contributed by atoms with Crippen LogP contribution in [0, 0.1) is 11.6 Å². The van der Waals surface area contributed by atoms with Crippen LogP contribution in [0.25, 0.3) is 0 Å². The molecule has 1 aromatic carbocycles. The molecule has 0 aliphatic carbocycles. The van der Waals surface area contributed by atoms with Crippen molar-refractivity contribution in [2.24, 2.45) is 0 Å². The van der Waals surface area contributed by atoms with Crippen LogP contribution in [0.4, 0.5) is 8.78 Å². The predicted molar refractivity (Wildman–Crippen MR) is 48.6 cm³/mol. The third-order valence-corrected chi connectivity index (χ3v) is 2.70. The second-order valence-electron chi connectivity index (χ2n) is 2.72. The lowest BCUT2D eigenvalue weighted by Crippen LogP contribution is -1.98. The van der Waals surface area contributed by atoms with Gasteiger partial charge in [0.25, 0.3) is 0 Å². The molecule has 1 atom stereocenters. The molecule has 1 aromatic rings. The standard InChI is InChI=1S/C9H9BrF2/c1-6(5-10)8-3-2-7(11)4-9(8)12/h2-4,6H,5H2,1H3. The molecule has 0 heterocycles. The zero-order valence-electron chi connectivity index (χ0n) is 6.65. The van der Waals surface area contributed by atoms with Crippen LogP contribution >= 0.6 is 15.9 Å². The Labute approximate surface area is 78.7 Å². The number of hydrogen-bond donors (Lipinski definition) is 0. The third-order valence-electron chi connectivity index (χ3n) is 1.72. The van der Waals surface area contributed by atoms with Crippen LogP contribution in [0.1, 0.15) is 18.4 Å². The van der Waals surface area contributed by atoms with E-state index < -0.39 is 11.6 Å². The van der Waals surface area contributed by atoms with Crippen molar-refractivity contribution in [2.45, 2.75) is 12.8 Å². The molecule has 12 heavy (non-hydrogen) atoms. The summed E-state index contributed by atoms with van der Waals surface area (Å²) >= 11 is 3.24. The lowest BCUT2D eigenvalue weighted by Gasteiger charge is -2.08. The zero-order chi connectivity index (χ0) is 9.14. The fraction of sp³-hybridized carbons (Fsp3) is 0.333. The summed E-state index contributed by atoms with van der Waals surface area (Å²) in [6.07, 6.45) is 0. The van der Waals surface area contributed by atoms with Gasteiger partial charge in [0.2, 0.25) is 0 Å². The van der Waals surface area contributed by atoms with E-state index in [2.05, 4.69) is 15.9 Å². The van der Waals surface area contributed by atoms with Gasteiger partial charge in [0, 0.05) is 11.4 Å². The molecule has 0 aromatic heterocycles. The van der Waals surface area contributed by atoms with E-state index in [9.17, 15) is 8.78 Å². The first-order chi connectivity index (χ1) is 5.65. The Morgan fingerprint density at radius 1 is 1.42 bits per heavy atom. The first-order valence-corrected chi connectivity index (χ1v) is 4.78. The topological polar surface area (TPSA) is 0 Å². The number of benzene rings is 1. The lowest BCUT2D eigenvalue weighted by molar-refractivity contribution is 0.566. The fourth-order valence-electron chi connectivity index (χ4n) is 0.984. The van der Waals surface area contributed by atoms with Crippen molar-refractivity contribution in [3.8, 4) is 0 Å². The van der Waals surface area contributed by atoms with Gasteiger partial charge < -0.3 is 0 Å². The van der Waals surface area contributed by atoms with Gasteiger partial charge in [-0.15, -0.1) is 0 Å². The van der Waals surface area contributed by atoms with Gasteiger partial charge in [-0.05, 0) is 17.5 Å². The molecule has 0 fully saturated rings. The molecule has 0 N–H and O–H groups in total. The molecule has 0 bridgehead atoms. The highest BCUT2D eigenvalue weighted by Crippen LogP contribution is 2.21. The Kier molecular flexibility index (Phi) is 3.20. The van der Waals surface area contributed by atoms with Gasteiger partial charge in [-0.2, -0.15) is 0 Å². The molecule has 1 unspecified atom stereocenters. The summed E-state index contributed by atoms with van der Waals surface area (Å²) < 4.78 is 25.5. The maximum atomic E-state index is 13.0. The third kappa shape index (κ3) is 2.03. The van der Waals surface area contributed by atoms with Crippen molar-refractivity contribution in [3.05, 3.63) is 35.4 Å². The minimum Gasteiger partial charge on any atom is -0.207 e. The molecule has 0 amide bonds. The van der Waals surface area contributed by atoms with Gasteiger partial charge in [-0.1, -0.05) is 28.9 Å². The molecular formula is C9H9BrF2. The first-order valence-electron chi connectivity index (χ1n) is 3.66. The monoisotopic (exact) mass is 234 g/mol. The van der Waals surface area contributed by atoms with Crippen molar-refractivity contribution in [1.82, 2.24) is 0 Å². The van der Waals surface area contributed by atoms with Gasteiger partial charge in [-0.3, -0.25) is 0 Å². The molecule has 0 saturated carbocycles. The van der Waals surface area contributed by atoms with Crippen LogP contribution in [0.5, 0.6) is 0 Å².